The van der Waals surface area contributed by atoms with Crippen LogP contribution in [0.1, 0.15) is 39.0 Å². The molecule has 0 aliphatic carbocycles. The van der Waals surface area contributed by atoms with Gasteiger partial charge in [-0.2, -0.15) is 0 Å². The van der Waals surface area contributed by atoms with E-state index in [2.05, 4.69) is 17.6 Å². The van der Waals surface area contributed by atoms with Crippen LogP contribution in [-0.2, 0) is 0 Å². The third kappa shape index (κ3) is 3.73. The lowest BCUT2D eigenvalue weighted by atomic mass is 10.1. The second-order valence-electron chi connectivity index (χ2n) is 3.31. The van der Waals surface area contributed by atoms with E-state index in [1.54, 1.807) is 0 Å². The highest BCUT2D eigenvalue weighted by Gasteiger charge is 2.09. The van der Waals surface area contributed by atoms with Crippen LogP contribution in [-0.4, -0.2) is 19.3 Å². The molecule has 1 heterocycles. The molecule has 1 saturated heterocycles. The van der Waals surface area contributed by atoms with Gasteiger partial charge < -0.3 is 10.6 Å². The van der Waals surface area contributed by atoms with Crippen molar-refractivity contribution < 1.29 is 0 Å². The molecule has 0 aromatic heterocycles. The Morgan fingerprint density at radius 3 is 3.00 bits per heavy atom. The molecule has 0 amide bonds. The van der Waals surface area contributed by atoms with Crippen LogP contribution in [0, 0.1) is 0 Å². The zero-order chi connectivity index (χ0) is 7.94. The molecule has 1 aliphatic rings. The van der Waals surface area contributed by atoms with Gasteiger partial charge in [0.05, 0.1) is 6.17 Å². The topological polar surface area (TPSA) is 24.1 Å². The quantitative estimate of drug-likeness (QED) is 0.602. The van der Waals surface area contributed by atoms with Crippen LogP contribution in [0.3, 0.4) is 0 Å². The fraction of sp³-hybridized carbons (Fsp3) is 1.00. The molecule has 1 atom stereocenters. The summed E-state index contributed by atoms with van der Waals surface area (Å²) in [6, 6.07) is 0. The maximum atomic E-state index is 3.51. The Balaban J connectivity index is 1.96. The van der Waals surface area contributed by atoms with Gasteiger partial charge >= 0.3 is 0 Å². The van der Waals surface area contributed by atoms with Crippen molar-refractivity contribution in [3.05, 3.63) is 0 Å². The second kappa shape index (κ2) is 5.56. The summed E-state index contributed by atoms with van der Waals surface area (Å²) in [5.41, 5.74) is 0. The van der Waals surface area contributed by atoms with Crippen LogP contribution in [0.25, 0.3) is 0 Å². The first-order chi connectivity index (χ1) is 5.43. The van der Waals surface area contributed by atoms with Crippen LogP contribution < -0.4 is 10.6 Å². The first kappa shape index (κ1) is 9.01. The standard InChI is InChI=1S/C9H20N2/c1-2-3-7-10-9-6-4-5-8-11-9/h9-11H,2-8H2,1H3. The van der Waals surface area contributed by atoms with E-state index in [9.17, 15) is 0 Å². The van der Waals surface area contributed by atoms with Gasteiger partial charge in [0.25, 0.3) is 0 Å². The first-order valence-electron chi connectivity index (χ1n) is 4.90. The van der Waals surface area contributed by atoms with Gasteiger partial charge in [0.1, 0.15) is 0 Å². The molecule has 0 radical (unpaired) electrons. The Hall–Kier alpha value is -0.0800. The minimum absolute atomic E-state index is 0.607. The summed E-state index contributed by atoms with van der Waals surface area (Å²) in [4.78, 5) is 0. The Morgan fingerprint density at radius 2 is 2.36 bits per heavy atom. The van der Waals surface area contributed by atoms with Crippen molar-refractivity contribution in [2.45, 2.75) is 45.2 Å². The van der Waals surface area contributed by atoms with Crippen LogP contribution in [0.5, 0.6) is 0 Å². The molecule has 2 N–H and O–H groups in total. The molecule has 1 aliphatic heterocycles. The monoisotopic (exact) mass is 156 g/mol. The third-order valence-electron chi connectivity index (χ3n) is 2.23. The number of rotatable bonds is 4. The average molecular weight is 156 g/mol. The van der Waals surface area contributed by atoms with Gasteiger partial charge in [0.2, 0.25) is 0 Å². The number of unbranched alkanes of at least 4 members (excludes halogenated alkanes) is 1. The van der Waals surface area contributed by atoms with Crippen LogP contribution >= 0.6 is 0 Å². The van der Waals surface area contributed by atoms with Crippen molar-refractivity contribution in [2.24, 2.45) is 0 Å². The van der Waals surface area contributed by atoms with Crippen molar-refractivity contribution in [1.82, 2.24) is 10.6 Å². The lowest BCUT2D eigenvalue weighted by Crippen LogP contribution is -2.45. The lowest BCUT2D eigenvalue weighted by Gasteiger charge is -2.24. The minimum atomic E-state index is 0.607. The summed E-state index contributed by atoms with van der Waals surface area (Å²) in [6.07, 6.45) is 7.25. The molecule has 66 valence electrons. The van der Waals surface area contributed by atoms with Crippen molar-refractivity contribution in [3.63, 3.8) is 0 Å². The lowest BCUT2D eigenvalue weighted by molar-refractivity contribution is 0.342. The van der Waals surface area contributed by atoms with E-state index >= 15 is 0 Å². The molecule has 0 spiro atoms. The van der Waals surface area contributed by atoms with E-state index in [4.69, 9.17) is 0 Å². The van der Waals surface area contributed by atoms with Gasteiger partial charge in [0, 0.05) is 0 Å². The molecule has 2 heteroatoms. The minimum Gasteiger partial charge on any atom is -0.302 e. The smallest absolute Gasteiger partial charge is 0.0571 e. The van der Waals surface area contributed by atoms with E-state index in [1.165, 1.54) is 45.2 Å². The summed E-state index contributed by atoms with van der Waals surface area (Å²) < 4.78 is 0. The van der Waals surface area contributed by atoms with E-state index in [-0.39, 0.29) is 0 Å². The Labute approximate surface area is 69.8 Å². The SMILES string of the molecule is CCCCNC1CCCCN1. The van der Waals surface area contributed by atoms with Crippen molar-refractivity contribution in [1.29, 1.82) is 0 Å². The fourth-order valence-electron chi connectivity index (χ4n) is 1.48. The maximum Gasteiger partial charge on any atom is 0.0571 e. The highest BCUT2D eigenvalue weighted by Crippen LogP contribution is 2.04. The molecule has 0 aromatic rings. The van der Waals surface area contributed by atoms with E-state index in [0.29, 0.717) is 6.17 Å². The van der Waals surface area contributed by atoms with Gasteiger partial charge in [-0.05, 0) is 38.8 Å². The maximum absolute atomic E-state index is 3.51. The Kier molecular flexibility index (Phi) is 4.55. The first-order valence-corrected chi connectivity index (χ1v) is 4.90. The molecule has 1 unspecified atom stereocenters. The normalized spacial score (nSPS) is 25.4. The number of hydrogen-bond acceptors (Lipinski definition) is 2. The Morgan fingerprint density at radius 1 is 1.45 bits per heavy atom. The molecule has 0 bridgehead atoms. The van der Waals surface area contributed by atoms with E-state index < -0.39 is 0 Å². The summed E-state index contributed by atoms with van der Waals surface area (Å²) in [5.74, 6) is 0. The molecule has 1 rings (SSSR count). The molecular weight excluding hydrogens is 136 g/mol. The van der Waals surface area contributed by atoms with Crippen LogP contribution in [0.2, 0.25) is 0 Å². The zero-order valence-electron chi connectivity index (χ0n) is 7.53. The molecule has 0 saturated carbocycles. The van der Waals surface area contributed by atoms with Gasteiger partial charge in [-0.3, -0.25) is 0 Å². The number of nitrogens with one attached hydrogen (secondary N) is 2. The fourth-order valence-corrected chi connectivity index (χ4v) is 1.48. The van der Waals surface area contributed by atoms with Gasteiger partial charge in [-0.1, -0.05) is 13.3 Å². The molecule has 11 heavy (non-hydrogen) atoms. The van der Waals surface area contributed by atoms with Crippen molar-refractivity contribution in [2.75, 3.05) is 13.1 Å². The molecule has 0 aromatic carbocycles. The van der Waals surface area contributed by atoms with Gasteiger partial charge in [-0.25, -0.2) is 0 Å². The molecular formula is C9H20N2. The summed E-state index contributed by atoms with van der Waals surface area (Å²) in [6.45, 7) is 4.61. The predicted octanol–water partition coefficient (Wildman–Crippen LogP) is 1.48. The van der Waals surface area contributed by atoms with Crippen molar-refractivity contribution in [3.8, 4) is 0 Å². The highest BCUT2D eigenvalue weighted by atomic mass is 15.1. The van der Waals surface area contributed by atoms with Gasteiger partial charge in [0.15, 0.2) is 0 Å². The third-order valence-corrected chi connectivity index (χ3v) is 2.23. The number of piperidine rings is 1. The van der Waals surface area contributed by atoms with Gasteiger partial charge in [-0.15, -0.1) is 0 Å². The summed E-state index contributed by atoms with van der Waals surface area (Å²) in [7, 11) is 0. The summed E-state index contributed by atoms with van der Waals surface area (Å²) in [5, 5.41) is 6.98. The number of hydrogen-bond donors (Lipinski definition) is 2. The predicted molar refractivity (Wildman–Crippen MR) is 48.6 cm³/mol. The Bertz CT molecular complexity index is 87.6. The average Bonchev–Trinajstić information content (AvgIpc) is 2.07. The zero-order valence-corrected chi connectivity index (χ0v) is 7.53. The van der Waals surface area contributed by atoms with E-state index in [1.807, 2.05) is 0 Å². The second-order valence-corrected chi connectivity index (χ2v) is 3.31. The van der Waals surface area contributed by atoms with Crippen LogP contribution in [0.15, 0.2) is 0 Å². The van der Waals surface area contributed by atoms with Crippen LogP contribution in [0.4, 0.5) is 0 Å². The van der Waals surface area contributed by atoms with E-state index in [0.717, 1.165) is 0 Å². The largest absolute Gasteiger partial charge is 0.302 e. The molecule has 1 fully saturated rings. The summed E-state index contributed by atoms with van der Waals surface area (Å²) >= 11 is 0. The van der Waals surface area contributed by atoms with Crippen molar-refractivity contribution >= 4 is 0 Å². The highest BCUT2D eigenvalue weighted by molar-refractivity contribution is 4.69. The molecule has 2 nitrogen and oxygen atoms in total.